The number of thiophene rings is 1. The minimum absolute atomic E-state index is 0.188. The summed E-state index contributed by atoms with van der Waals surface area (Å²) in [4.78, 5) is 27.3. The van der Waals surface area contributed by atoms with Crippen LogP contribution in [0.15, 0.2) is 18.2 Å². The maximum Gasteiger partial charge on any atom is 0.348 e. The maximum absolute atomic E-state index is 12.3. The summed E-state index contributed by atoms with van der Waals surface area (Å²) < 4.78 is 4.73. The lowest BCUT2D eigenvalue weighted by atomic mass is 9.92. The summed E-state index contributed by atoms with van der Waals surface area (Å²) in [5.41, 5.74) is 0. The Morgan fingerprint density at radius 3 is 2.87 bits per heavy atom. The van der Waals surface area contributed by atoms with Crippen molar-refractivity contribution in [1.82, 2.24) is 4.90 Å². The first-order valence-electron chi connectivity index (χ1n) is 11.3. The smallest absolute Gasteiger partial charge is 0.348 e. The molecule has 0 radical (unpaired) electrons. The van der Waals surface area contributed by atoms with Crippen LogP contribution >= 0.6 is 11.3 Å². The molecule has 1 amide bonds. The average Bonchev–Trinajstić information content (AvgIpc) is 3.36. The van der Waals surface area contributed by atoms with E-state index in [9.17, 15) is 14.7 Å². The van der Waals surface area contributed by atoms with E-state index in [-0.39, 0.29) is 24.0 Å². The number of methoxy groups -OCH3 is 1. The highest BCUT2D eigenvalue weighted by atomic mass is 32.1. The largest absolute Gasteiger partial charge is 0.465 e. The number of carbonyl (C=O) groups is 2. The summed E-state index contributed by atoms with van der Waals surface area (Å²) in [5.74, 6) is 0.177. The molecule has 1 N–H and O–H groups in total. The van der Waals surface area contributed by atoms with Crippen LogP contribution in [0, 0.1) is 5.92 Å². The first kappa shape index (κ1) is 24.6. The van der Waals surface area contributed by atoms with E-state index in [1.54, 1.807) is 6.07 Å². The third kappa shape index (κ3) is 7.55. The van der Waals surface area contributed by atoms with Crippen LogP contribution < -0.4 is 0 Å². The molecule has 3 atom stereocenters. The highest BCUT2D eigenvalue weighted by molar-refractivity contribution is 7.14. The number of aliphatic hydroxyl groups excluding tert-OH is 1. The molecule has 2 rings (SSSR count). The van der Waals surface area contributed by atoms with E-state index < -0.39 is 0 Å². The lowest BCUT2D eigenvalue weighted by Gasteiger charge is -2.26. The highest BCUT2D eigenvalue weighted by Gasteiger charge is 2.30. The predicted molar refractivity (Wildman–Crippen MR) is 123 cm³/mol. The molecule has 1 aromatic rings. The Morgan fingerprint density at radius 2 is 2.13 bits per heavy atom. The molecular weight excluding hydrogens is 398 g/mol. The zero-order chi connectivity index (χ0) is 21.9. The SMILES string of the molecule is CCCCCC[C@H](C)[C@@H](O)CC[C@@H]1CCC(=O)N1C/C=C\c1ccc(C(=O)OC)s1. The van der Waals surface area contributed by atoms with Gasteiger partial charge in [0.05, 0.1) is 13.2 Å². The number of rotatable bonds is 13. The number of ether oxygens (including phenoxy) is 1. The van der Waals surface area contributed by atoms with Crippen molar-refractivity contribution in [1.29, 1.82) is 0 Å². The fourth-order valence-corrected chi connectivity index (χ4v) is 4.87. The molecule has 168 valence electrons. The van der Waals surface area contributed by atoms with Gasteiger partial charge in [-0.3, -0.25) is 4.79 Å². The van der Waals surface area contributed by atoms with E-state index in [0.717, 1.165) is 30.6 Å². The molecule has 1 aliphatic rings. The average molecular weight is 436 g/mol. The van der Waals surface area contributed by atoms with E-state index in [4.69, 9.17) is 4.74 Å². The predicted octanol–water partition coefficient (Wildman–Crippen LogP) is 5.29. The maximum atomic E-state index is 12.3. The second kappa shape index (κ2) is 12.9. The topological polar surface area (TPSA) is 66.8 Å². The van der Waals surface area contributed by atoms with Crippen molar-refractivity contribution in [2.24, 2.45) is 5.92 Å². The summed E-state index contributed by atoms with van der Waals surface area (Å²) in [6, 6.07) is 3.85. The number of carbonyl (C=O) groups excluding carboxylic acids is 2. The second-order valence-electron chi connectivity index (χ2n) is 8.31. The normalized spacial score (nSPS) is 18.9. The number of unbranched alkanes of at least 4 members (excludes halogenated alkanes) is 3. The van der Waals surface area contributed by atoms with Crippen LogP contribution in [-0.4, -0.2) is 47.7 Å². The Morgan fingerprint density at radius 1 is 1.33 bits per heavy atom. The van der Waals surface area contributed by atoms with Gasteiger partial charge in [-0.25, -0.2) is 4.79 Å². The van der Waals surface area contributed by atoms with Crippen molar-refractivity contribution in [2.45, 2.75) is 83.8 Å². The molecule has 1 fully saturated rings. The van der Waals surface area contributed by atoms with E-state index in [2.05, 4.69) is 13.8 Å². The van der Waals surface area contributed by atoms with Gasteiger partial charge in [0.25, 0.3) is 0 Å². The Hall–Kier alpha value is -1.66. The molecule has 1 saturated heterocycles. The lowest BCUT2D eigenvalue weighted by Crippen LogP contribution is -2.34. The second-order valence-corrected chi connectivity index (χ2v) is 9.42. The van der Waals surface area contributed by atoms with E-state index in [1.165, 1.54) is 44.1 Å². The Labute approximate surface area is 185 Å². The van der Waals surface area contributed by atoms with Crippen molar-refractivity contribution in [3.05, 3.63) is 28.0 Å². The van der Waals surface area contributed by atoms with Crippen LogP contribution in [0.3, 0.4) is 0 Å². The van der Waals surface area contributed by atoms with Crippen LogP contribution in [0.25, 0.3) is 6.08 Å². The molecule has 1 aromatic heterocycles. The monoisotopic (exact) mass is 435 g/mol. The van der Waals surface area contributed by atoms with Crippen molar-refractivity contribution in [3.8, 4) is 0 Å². The molecule has 0 aliphatic carbocycles. The fourth-order valence-electron chi connectivity index (χ4n) is 4.01. The summed E-state index contributed by atoms with van der Waals surface area (Å²) in [5, 5.41) is 10.5. The number of likely N-dealkylation sites (tertiary alicyclic amines) is 1. The first-order valence-corrected chi connectivity index (χ1v) is 12.1. The van der Waals surface area contributed by atoms with Gasteiger partial charge >= 0.3 is 5.97 Å². The van der Waals surface area contributed by atoms with Gasteiger partial charge in [0.1, 0.15) is 4.88 Å². The molecule has 1 aliphatic heterocycles. The standard InChI is InChI=1S/C24H37NO4S/c1-4-5-6-7-9-18(2)21(26)14-11-19-12-16-23(27)25(19)17-8-10-20-13-15-22(30-20)24(28)29-3/h8,10,13,15,18-19,21,26H,4-7,9,11-12,14,16-17H2,1-3H3/b10-8-/t18-,19+,21-/m0/s1. The molecule has 0 bridgehead atoms. The third-order valence-corrected chi connectivity index (χ3v) is 7.05. The summed E-state index contributed by atoms with van der Waals surface area (Å²) in [7, 11) is 1.38. The molecule has 5 nitrogen and oxygen atoms in total. The first-order chi connectivity index (χ1) is 14.5. The van der Waals surface area contributed by atoms with E-state index in [0.29, 0.717) is 23.8 Å². The Kier molecular flexibility index (Phi) is 10.6. The molecule has 30 heavy (non-hydrogen) atoms. The van der Waals surface area contributed by atoms with Gasteiger partial charge < -0.3 is 14.7 Å². The summed E-state index contributed by atoms with van der Waals surface area (Å²) >= 11 is 1.38. The summed E-state index contributed by atoms with van der Waals surface area (Å²) in [6.07, 6.45) is 12.7. The number of amides is 1. The van der Waals surface area contributed by atoms with Gasteiger partial charge in [-0.05, 0) is 49.8 Å². The van der Waals surface area contributed by atoms with E-state index >= 15 is 0 Å². The van der Waals surface area contributed by atoms with E-state index in [1.807, 2.05) is 23.1 Å². The van der Waals surface area contributed by atoms with Gasteiger partial charge in [-0.1, -0.05) is 45.6 Å². The number of hydrogen-bond acceptors (Lipinski definition) is 5. The quantitative estimate of drug-likeness (QED) is 0.338. The number of esters is 1. The molecular formula is C24H37NO4S. The van der Waals surface area contributed by atoms with Crippen molar-refractivity contribution in [3.63, 3.8) is 0 Å². The minimum atomic E-state index is -0.326. The minimum Gasteiger partial charge on any atom is -0.465 e. The van der Waals surface area contributed by atoms with Crippen LogP contribution in [0.2, 0.25) is 0 Å². The van der Waals surface area contributed by atoms with Crippen LogP contribution in [-0.2, 0) is 9.53 Å². The molecule has 2 heterocycles. The molecule has 0 unspecified atom stereocenters. The van der Waals surface area contributed by atoms with Gasteiger partial charge in [-0.15, -0.1) is 11.3 Å². The van der Waals surface area contributed by atoms with Crippen LogP contribution in [0.5, 0.6) is 0 Å². The van der Waals surface area contributed by atoms with Crippen molar-refractivity contribution in [2.75, 3.05) is 13.7 Å². The third-order valence-electron chi connectivity index (χ3n) is 6.02. The van der Waals surface area contributed by atoms with Crippen molar-refractivity contribution < 1.29 is 19.4 Å². The highest BCUT2D eigenvalue weighted by Crippen LogP contribution is 2.26. The van der Waals surface area contributed by atoms with Gasteiger partial charge in [0.2, 0.25) is 5.91 Å². The summed E-state index contributed by atoms with van der Waals surface area (Å²) in [6.45, 7) is 4.92. The number of nitrogens with zero attached hydrogens (tertiary/aromatic N) is 1. The lowest BCUT2D eigenvalue weighted by molar-refractivity contribution is -0.128. The Balaban J connectivity index is 1.79. The molecule has 6 heteroatoms. The Bertz CT molecular complexity index is 699. The number of hydrogen-bond donors (Lipinski definition) is 1. The number of aliphatic hydroxyl groups is 1. The van der Waals surface area contributed by atoms with Gasteiger partial charge in [-0.2, -0.15) is 0 Å². The zero-order valence-electron chi connectivity index (χ0n) is 18.6. The molecule has 0 saturated carbocycles. The zero-order valence-corrected chi connectivity index (χ0v) is 19.5. The van der Waals surface area contributed by atoms with Crippen LogP contribution in [0.4, 0.5) is 0 Å². The van der Waals surface area contributed by atoms with Crippen molar-refractivity contribution >= 4 is 29.3 Å². The van der Waals surface area contributed by atoms with Gasteiger partial charge in [0.15, 0.2) is 0 Å². The molecule has 0 spiro atoms. The fraction of sp³-hybridized carbons (Fsp3) is 0.667. The van der Waals surface area contributed by atoms with Crippen LogP contribution in [0.1, 0.15) is 86.2 Å². The van der Waals surface area contributed by atoms with Gasteiger partial charge in [0, 0.05) is 23.9 Å². The molecule has 0 aromatic carbocycles.